The van der Waals surface area contributed by atoms with Crippen LogP contribution in [0.3, 0.4) is 0 Å². The van der Waals surface area contributed by atoms with Crippen LogP contribution in [0.2, 0.25) is 0 Å². The second kappa shape index (κ2) is 6.84. The lowest BCUT2D eigenvalue weighted by molar-refractivity contribution is -0.387. The van der Waals surface area contributed by atoms with Crippen LogP contribution in [0, 0.1) is 15.9 Å². The van der Waals surface area contributed by atoms with E-state index in [0.29, 0.717) is 5.56 Å². The number of rotatable bonds is 6. The molecule has 0 aliphatic rings. The number of aliphatic carboxylic acids is 1. The third kappa shape index (κ3) is 3.80. The average molecular weight is 319 g/mol. The lowest BCUT2D eigenvalue weighted by atomic mass is 9.99. The minimum Gasteiger partial charge on any atom is -0.480 e. The summed E-state index contributed by atoms with van der Waals surface area (Å²) in [6.07, 6.45) is 0. The Labute approximate surface area is 130 Å². The van der Waals surface area contributed by atoms with Gasteiger partial charge in [-0.3, -0.25) is 14.9 Å². The van der Waals surface area contributed by atoms with E-state index in [1.807, 2.05) is 0 Å². The van der Waals surface area contributed by atoms with Crippen molar-refractivity contribution in [2.75, 3.05) is 5.32 Å². The van der Waals surface area contributed by atoms with Gasteiger partial charge < -0.3 is 16.2 Å². The second-order valence-corrected chi connectivity index (χ2v) is 4.82. The minimum atomic E-state index is -1.29. The number of nitrogens with zero attached hydrogens (tertiary/aromatic N) is 1. The molecule has 2 unspecified atom stereocenters. The van der Waals surface area contributed by atoms with Crippen LogP contribution in [0.4, 0.5) is 15.8 Å². The van der Waals surface area contributed by atoms with E-state index in [1.165, 1.54) is 6.07 Å². The van der Waals surface area contributed by atoms with Crippen LogP contribution in [-0.2, 0) is 4.79 Å². The molecule has 2 atom stereocenters. The first-order valence-electron chi connectivity index (χ1n) is 6.64. The number of halogens is 1. The van der Waals surface area contributed by atoms with Gasteiger partial charge in [0.1, 0.15) is 6.04 Å². The molecule has 0 heterocycles. The van der Waals surface area contributed by atoms with Crippen LogP contribution < -0.4 is 11.1 Å². The number of hydrogen-bond acceptors (Lipinski definition) is 5. The first-order valence-corrected chi connectivity index (χ1v) is 6.64. The van der Waals surface area contributed by atoms with Gasteiger partial charge in [0.2, 0.25) is 5.82 Å². The molecule has 0 radical (unpaired) electrons. The maximum Gasteiger partial charge on any atom is 0.322 e. The van der Waals surface area contributed by atoms with Crippen molar-refractivity contribution in [2.45, 2.75) is 12.1 Å². The summed E-state index contributed by atoms with van der Waals surface area (Å²) in [7, 11) is 0. The van der Waals surface area contributed by atoms with Crippen LogP contribution in [0.1, 0.15) is 11.6 Å². The fraction of sp³-hybridized carbons (Fsp3) is 0.133. The van der Waals surface area contributed by atoms with Gasteiger partial charge in [0.15, 0.2) is 0 Å². The minimum absolute atomic E-state index is 0.198. The predicted molar refractivity (Wildman–Crippen MR) is 81.5 cm³/mol. The Balaban J connectivity index is 2.37. The molecule has 0 spiro atoms. The number of benzene rings is 2. The molecule has 8 heteroatoms. The monoisotopic (exact) mass is 319 g/mol. The smallest absolute Gasteiger partial charge is 0.322 e. The Morgan fingerprint density at radius 2 is 1.91 bits per heavy atom. The summed E-state index contributed by atoms with van der Waals surface area (Å²) >= 11 is 0. The zero-order valence-electron chi connectivity index (χ0n) is 11.8. The highest BCUT2D eigenvalue weighted by Gasteiger charge is 2.26. The summed E-state index contributed by atoms with van der Waals surface area (Å²) in [5, 5.41) is 22.8. The second-order valence-electron chi connectivity index (χ2n) is 4.82. The lowest BCUT2D eigenvalue weighted by Gasteiger charge is -2.23. The molecule has 2 rings (SSSR count). The van der Waals surface area contributed by atoms with E-state index in [0.717, 1.165) is 12.1 Å². The fourth-order valence-corrected chi connectivity index (χ4v) is 2.11. The van der Waals surface area contributed by atoms with Gasteiger partial charge in [-0.15, -0.1) is 0 Å². The topological polar surface area (TPSA) is 118 Å². The Bertz CT molecular complexity index is 724. The van der Waals surface area contributed by atoms with E-state index >= 15 is 0 Å². The fourth-order valence-electron chi connectivity index (χ4n) is 2.11. The molecular weight excluding hydrogens is 305 g/mol. The molecule has 0 saturated carbocycles. The van der Waals surface area contributed by atoms with Crippen molar-refractivity contribution in [3.05, 3.63) is 70.0 Å². The normalized spacial score (nSPS) is 13.1. The summed E-state index contributed by atoms with van der Waals surface area (Å²) < 4.78 is 13.4. The summed E-state index contributed by atoms with van der Waals surface area (Å²) in [6.45, 7) is 0. The van der Waals surface area contributed by atoms with Gasteiger partial charge >= 0.3 is 11.7 Å². The maximum absolute atomic E-state index is 13.4. The Morgan fingerprint density at radius 1 is 1.26 bits per heavy atom. The van der Waals surface area contributed by atoms with E-state index in [-0.39, 0.29) is 5.69 Å². The maximum atomic E-state index is 13.4. The van der Waals surface area contributed by atoms with Crippen LogP contribution in [0.5, 0.6) is 0 Å². The summed E-state index contributed by atoms with van der Waals surface area (Å²) in [6, 6.07) is 9.64. The Hall–Kier alpha value is -3.00. The molecule has 0 aliphatic carbocycles. The molecule has 0 bridgehead atoms. The molecule has 0 aromatic heterocycles. The molecule has 23 heavy (non-hydrogen) atoms. The van der Waals surface area contributed by atoms with Crippen molar-refractivity contribution >= 4 is 17.3 Å². The zero-order valence-corrected chi connectivity index (χ0v) is 11.8. The molecule has 2 aromatic rings. The molecule has 0 amide bonds. The molecular formula is C15H14FN3O4. The standard InChI is InChI=1S/C15H14FN3O4/c16-11-7-6-10(8-12(11)19(22)23)18-14(13(17)15(20)21)9-4-2-1-3-5-9/h1-8,13-14,18H,17H2,(H,20,21). The number of hydrogen-bond donors (Lipinski definition) is 3. The van der Waals surface area contributed by atoms with Crippen molar-refractivity contribution in [3.63, 3.8) is 0 Å². The first-order chi connectivity index (χ1) is 10.9. The van der Waals surface area contributed by atoms with Crippen LogP contribution in [-0.4, -0.2) is 22.0 Å². The number of nitro groups is 1. The lowest BCUT2D eigenvalue weighted by Crippen LogP contribution is -2.40. The summed E-state index contributed by atoms with van der Waals surface area (Å²) in [5.74, 6) is -2.21. The van der Waals surface area contributed by atoms with E-state index in [4.69, 9.17) is 10.8 Å². The zero-order chi connectivity index (χ0) is 17.0. The van der Waals surface area contributed by atoms with Crippen molar-refractivity contribution in [1.82, 2.24) is 0 Å². The number of carboxylic acids is 1. The number of nitrogens with two attached hydrogens (primary N) is 1. The SMILES string of the molecule is NC(C(=O)O)C(Nc1ccc(F)c([N+](=O)[O-])c1)c1ccccc1. The van der Waals surface area contributed by atoms with Crippen molar-refractivity contribution in [3.8, 4) is 0 Å². The van der Waals surface area contributed by atoms with Crippen molar-refractivity contribution in [2.24, 2.45) is 5.73 Å². The number of anilines is 1. The molecule has 7 nitrogen and oxygen atoms in total. The van der Waals surface area contributed by atoms with Gasteiger partial charge in [-0.05, 0) is 17.7 Å². The third-order valence-corrected chi connectivity index (χ3v) is 3.27. The van der Waals surface area contributed by atoms with Crippen LogP contribution >= 0.6 is 0 Å². The molecule has 0 aliphatic heterocycles. The molecule has 120 valence electrons. The van der Waals surface area contributed by atoms with Gasteiger partial charge in [-0.25, -0.2) is 0 Å². The van der Waals surface area contributed by atoms with Gasteiger partial charge in [0.05, 0.1) is 11.0 Å². The molecule has 2 aromatic carbocycles. The number of nitro benzene ring substituents is 1. The summed E-state index contributed by atoms with van der Waals surface area (Å²) in [4.78, 5) is 21.1. The quantitative estimate of drug-likeness (QED) is 0.555. The predicted octanol–water partition coefficient (Wildman–Crippen LogP) is 2.30. The first kappa shape index (κ1) is 16.4. The Kier molecular flexibility index (Phi) is 4.87. The third-order valence-electron chi connectivity index (χ3n) is 3.27. The highest BCUT2D eigenvalue weighted by Crippen LogP contribution is 2.26. The van der Waals surface area contributed by atoms with E-state index in [1.54, 1.807) is 30.3 Å². The highest BCUT2D eigenvalue weighted by molar-refractivity contribution is 5.75. The number of carboxylic acid groups (broad SMARTS) is 1. The van der Waals surface area contributed by atoms with Crippen LogP contribution in [0.15, 0.2) is 48.5 Å². The van der Waals surface area contributed by atoms with Crippen molar-refractivity contribution in [1.29, 1.82) is 0 Å². The number of carbonyl (C=O) groups is 1. The number of nitrogens with one attached hydrogen (secondary N) is 1. The Morgan fingerprint density at radius 3 is 2.48 bits per heavy atom. The van der Waals surface area contributed by atoms with E-state index < -0.39 is 34.5 Å². The van der Waals surface area contributed by atoms with Gasteiger partial charge in [-0.1, -0.05) is 30.3 Å². The van der Waals surface area contributed by atoms with Gasteiger partial charge in [0.25, 0.3) is 0 Å². The molecule has 0 saturated heterocycles. The van der Waals surface area contributed by atoms with Gasteiger partial charge in [0, 0.05) is 11.8 Å². The highest BCUT2D eigenvalue weighted by atomic mass is 19.1. The molecule has 0 fully saturated rings. The molecule has 4 N–H and O–H groups in total. The van der Waals surface area contributed by atoms with Crippen molar-refractivity contribution < 1.29 is 19.2 Å². The van der Waals surface area contributed by atoms with Crippen LogP contribution in [0.25, 0.3) is 0 Å². The average Bonchev–Trinajstić information content (AvgIpc) is 2.53. The van der Waals surface area contributed by atoms with E-state index in [9.17, 15) is 19.3 Å². The summed E-state index contributed by atoms with van der Waals surface area (Å²) in [5.41, 5.74) is 5.79. The van der Waals surface area contributed by atoms with Gasteiger partial charge in [-0.2, -0.15) is 4.39 Å². The van der Waals surface area contributed by atoms with E-state index in [2.05, 4.69) is 5.32 Å². The largest absolute Gasteiger partial charge is 0.480 e.